The van der Waals surface area contributed by atoms with Gasteiger partial charge in [0.1, 0.15) is 0 Å². The van der Waals surface area contributed by atoms with E-state index in [1.54, 1.807) is 48.5 Å². The van der Waals surface area contributed by atoms with Crippen LogP contribution in [-0.2, 0) is 14.7 Å². The first kappa shape index (κ1) is 15.7. The number of hydroxylamine groups is 2. The van der Waals surface area contributed by atoms with E-state index in [0.717, 1.165) is 10.6 Å². The second-order valence-corrected chi connectivity index (χ2v) is 7.55. The van der Waals surface area contributed by atoms with Crippen LogP contribution in [0.3, 0.4) is 0 Å². The lowest BCUT2D eigenvalue weighted by molar-refractivity contribution is -0.113. The Morgan fingerprint density at radius 2 is 1.74 bits per heavy atom. The summed E-state index contributed by atoms with van der Waals surface area (Å²) in [6.45, 7) is 1.90. The van der Waals surface area contributed by atoms with Crippen LogP contribution in [0, 0.1) is 6.92 Å². The van der Waals surface area contributed by atoms with Crippen molar-refractivity contribution in [2.24, 2.45) is 0 Å². The third-order valence-corrected chi connectivity index (χ3v) is 5.73. The Hall–Kier alpha value is -2.18. The van der Waals surface area contributed by atoms with E-state index in [4.69, 9.17) is 4.84 Å². The molecule has 0 aromatic heterocycles. The number of aryl methyl sites for hydroxylation is 1. The molecule has 0 bridgehead atoms. The standard InChI is InChI=1S/C17H17NO4S/c1-12-7-9-13(10-8-12)23(20,21)11-16-14-5-3-4-6-15(14)17(19)18(16)22-2/h3-10,16H,11H2,1-2H3/t16-/m1/s1. The van der Waals surface area contributed by atoms with Gasteiger partial charge in [0.15, 0.2) is 9.84 Å². The first-order chi connectivity index (χ1) is 10.9. The molecule has 5 nitrogen and oxygen atoms in total. The van der Waals surface area contributed by atoms with Crippen molar-refractivity contribution in [3.63, 3.8) is 0 Å². The molecule has 2 aromatic carbocycles. The number of carbonyl (C=O) groups is 1. The van der Waals surface area contributed by atoms with Crippen LogP contribution in [0.2, 0.25) is 0 Å². The smallest absolute Gasteiger partial charge is 0.273 e. The number of fused-ring (bicyclic) bond motifs is 1. The second kappa shape index (κ2) is 5.79. The van der Waals surface area contributed by atoms with Crippen LogP contribution in [-0.4, -0.2) is 32.3 Å². The van der Waals surface area contributed by atoms with Crippen LogP contribution in [0.25, 0.3) is 0 Å². The molecule has 0 aliphatic carbocycles. The van der Waals surface area contributed by atoms with Crippen LogP contribution in [0.15, 0.2) is 53.4 Å². The summed E-state index contributed by atoms with van der Waals surface area (Å²) in [4.78, 5) is 17.7. The summed E-state index contributed by atoms with van der Waals surface area (Å²) >= 11 is 0. The van der Waals surface area contributed by atoms with Crippen molar-refractivity contribution in [1.82, 2.24) is 5.06 Å². The number of hydrogen-bond acceptors (Lipinski definition) is 4. The van der Waals surface area contributed by atoms with Crippen molar-refractivity contribution in [1.29, 1.82) is 0 Å². The van der Waals surface area contributed by atoms with Gasteiger partial charge in [-0.3, -0.25) is 9.63 Å². The molecule has 23 heavy (non-hydrogen) atoms. The first-order valence-corrected chi connectivity index (χ1v) is 8.85. The van der Waals surface area contributed by atoms with Gasteiger partial charge in [0.25, 0.3) is 5.91 Å². The third-order valence-electron chi connectivity index (χ3n) is 3.99. The maximum Gasteiger partial charge on any atom is 0.278 e. The summed E-state index contributed by atoms with van der Waals surface area (Å²) < 4.78 is 25.4. The summed E-state index contributed by atoms with van der Waals surface area (Å²) in [5.41, 5.74) is 2.15. The summed E-state index contributed by atoms with van der Waals surface area (Å²) in [6.07, 6.45) is 0. The van der Waals surface area contributed by atoms with Crippen LogP contribution < -0.4 is 0 Å². The summed E-state index contributed by atoms with van der Waals surface area (Å²) in [5, 5.41) is 1.14. The fraction of sp³-hybridized carbons (Fsp3) is 0.235. The minimum atomic E-state index is -3.54. The number of sulfone groups is 1. The SMILES string of the molecule is CON1C(=O)c2ccccc2[C@H]1CS(=O)(=O)c1ccc(C)cc1. The predicted octanol–water partition coefficient (Wildman–Crippen LogP) is 2.53. The van der Waals surface area contributed by atoms with Gasteiger partial charge >= 0.3 is 0 Å². The van der Waals surface area contributed by atoms with Crippen LogP contribution in [0.5, 0.6) is 0 Å². The van der Waals surface area contributed by atoms with Crippen molar-refractivity contribution in [3.05, 3.63) is 65.2 Å². The van der Waals surface area contributed by atoms with Gasteiger partial charge in [0, 0.05) is 5.56 Å². The van der Waals surface area contributed by atoms with Crippen molar-refractivity contribution < 1.29 is 18.0 Å². The zero-order chi connectivity index (χ0) is 16.6. The highest BCUT2D eigenvalue weighted by atomic mass is 32.2. The van der Waals surface area contributed by atoms with E-state index in [1.165, 1.54) is 7.11 Å². The van der Waals surface area contributed by atoms with Gasteiger partial charge in [-0.2, -0.15) is 0 Å². The Balaban J connectivity index is 1.98. The number of benzene rings is 2. The van der Waals surface area contributed by atoms with Gasteiger partial charge in [-0.1, -0.05) is 35.9 Å². The molecule has 0 saturated heterocycles. The Kier molecular flexibility index (Phi) is 3.95. The summed E-state index contributed by atoms with van der Waals surface area (Å²) in [5.74, 6) is -0.528. The van der Waals surface area contributed by atoms with E-state index in [0.29, 0.717) is 11.1 Å². The maximum atomic E-state index is 12.7. The Labute approximate surface area is 135 Å². The quantitative estimate of drug-likeness (QED) is 0.863. The van der Waals surface area contributed by atoms with Gasteiger partial charge in [-0.25, -0.2) is 13.5 Å². The highest BCUT2D eigenvalue weighted by molar-refractivity contribution is 7.91. The molecule has 6 heteroatoms. The summed E-state index contributed by atoms with van der Waals surface area (Å²) in [7, 11) is -2.17. The molecule has 0 N–H and O–H groups in total. The molecule has 1 aliphatic heterocycles. The monoisotopic (exact) mass is 331 g/mol. The van der Waals surface area contributed by atoms with Crippen molar-refractivity contribution in [2.75, 3.05) is 12.9 Å². The van der Waals surface area contributed by atoms with Gasteiger partial charge in [-0.15, -0.1) is 0 Å². The van der Waals surface area contributed by atoms with Crippen molar-refractivity contribution in [3.8, 4) is 0 Å². The highest BCUT2D eigenvalue weighted by Gasteiger charge is 2.40. The van der Waals surface area contributed by atoms with E-state index in [-0.39, 0.29) is 16.6 Å². The van der Waals surface area contributed by atoms with Gasteiger partial charge in [0.2, 0.25) is 0 Å². The summed E-state index contributed by atoms with van der Waals surface area (Å²) in [6, 6.07) is 13.0. The molecule has 1 atom stereocenters. The molecule has 1 amide bonds. The average Bonchev–Trinajstić information content (AvgIpc) is 2.80. The zero-order valence-corrected chi connectivity index (χ0v) is 13.7. The Morgan fingerprint density at radius 1 is 1.09 bits per heavy atom. The normalized spacial score (nSPS) is 17.4. The molecule has 120 valence electrons. The molecule has 0 fully saturated rings. The lowest BCUT2D eigenvalue weighted by Gasteiger charge is -2.22. The molecular formula is C17H17NO4S. The van der Waals surface area contributed by atoms with E-state index in [2.05, 4.69) is 0 Å². The Bertz CT molecular complexity index is 843. The molecule has 0 spiro atoms. The van der Waals surface area contributed by atoms with E-state index in [9.17, 15) is 13.2 Å². The fourth-order valence-corrected chi connectivity index (χ4v) is 4.26. The predicted molar refractivity (Wildman–Crippen MR) is 85.6 cm³/mol. The second-order valence-electron chi connectivity index (χ2n) is 5.51. The molecule has 1 aliphatic rings. The van der Waals surface area contributed by atoms with Crippen LogP contribution in [0.4, 0.5) is 0 Å². The van der Waals surface area contributed by atoms with Crippen LogP contribution >= 0.6 is 0 Å². The van der Waals surface area contributed by atoms with Gasteiger partial charge in [-0.05, 0) is 30.7 Å². The minimum absolute atomic E-state index is 0.216. The Morgan fingerprint density at radius 3 is 2.39 bits per heavy atom. The maximum absolute atomic E-state index is 12.7. The number of hydrogen-bond donors (Lipinski definition) is 0. The number of carbonyl (C=O) groups excluding carboxylic acids is 1. The molecule has 0 saturated carbocycles. The topological polar surface area (TPSA) is 63.7 Å². The minimum Gasteiger partial charge on any atom is -0.273 e. The molecule has 0 unspecified atom stereocenters. The number of rotatable bonds is 4. The zero-order valence-electron chi connectivity index (χ0n) is 12.9. The molecule has 3 rings (SSSR count). The molecule has 1 heterocycles. The fourth-order valence-electron chi connectivity index (χ4n) is 2.79. The lowest BCUT2D eigenvalue weighted by Crippen LogP contribution is -2.31. The average molecular weight is 331 g/mol. The van der Waals surface area contributed by atoms with E-state index < -0.39 is 15.9 Å². The van der Waals surface area contributed by atoms with Crippen molar-refractivity contribution >= 4 is 15.7 Å². The lowest BCUT2D eigenvalue weighted by atomic mass is 10.1. The molecular weight excluding hydrogens is 314 g/mol. The third kappa shape index (κ3) is 2.75. The number of nitrogens with zero attached hydrogens (tertiary/aromatic N) is 1. The largest absolute Gasteiger partial charge is 0.278 e. The first-order valence-electron chi connectivity index (χ1n) is 7.20. The number of amides is 1. The van der Waals surface area contributed by atoms with Gasteiger partial charge in [0.05, 0.1) is 23.8 Å². The van der Waals surface area contributed by atoms with E-state index in [1.807, 2.05) is 6.92 Å². The highest BCUT2D eigenvalue weighted by Crippen LogP contribution is 2.35. The molecule has 2 aromatic rings. The van der Waals surface area contributed by atoms with Gasteiger partial charge < -0.3 is 0 Å². The molecule has 0 radical (unpaired) electrons. The van der Waals surface area contributed by atoms with E-state index >= 15 is 0 Å². The van der Waals surface area contributed by atoms with Crippen LogP contribution in [0.1, 0.15) is 27.5 Å². The van der Waals surface area contributed by atoms with Crippen molar-refractivity contribution in [2.45, 2.75) is 17.9 Å².